The lowest BCUT2D eigenvalue weighted by Gasteiger charge is -2.10. The van der Waals surface area contributed by atoms with Crippen LogP contribution in [0.2, 0.25) is 0 Å². The van der Waals surface area contributed by atoms with Crippen LogP contribution < -0.4 is 26.1 Å². The Bertz CT molecular complexity index is 670. The topological polar surface area (TPSA) is 102 Å². The second-order valence-electron chi connectivity index (χ2n) is 4.36. The summed E-state index contributed by atoms with van der Waals surface area (Å²) in [5.41, 5.74) is 6.45. The van der Waals surface area contributed by atoms with Gasteiger partial charge in [-0.25, -0.2) is 4.98 Å². The van der Waals surface area contributed by atoms with Crippen LogP contribution in [-0.4, -0.2) is 30.7 Å². The molecule has 0 aliphatic rings. The van der Waals surface area contributed by atoms with E-state index in [4.69, 9.17) is 15.2 Å². The second-order valence-corrected chi connectivity index (χ2v) is 4.36. The van der Waals surface area contributed by atoms with Crippen molar-refractivity contribution in [1.29, 1.82) is 0 Å². The number of ether oxygens (including phenoxy) is 2. The summed E-state index contributed by atoms with van der Waals surface area (Å²) in [7, 11) is 3.20. The van der Waals surface area contributed by atoms with Crippen molar-refractivity contribution in [3.63, 3.8) is 0 Å². The van der Waals surface area contributed by atoms with Gasteiger partial charge in [0.2, 0.25) is 0 Å². The van der Waals surface area contributed by atoms with Crippen molar-refractivity contribution in [3.05, 3.63) is 40.4 Å². The first-order valence-electron chi connectivity index (χ1n) is 6.43. The smallest absolute Gasteiger partial charge is 0.276 e. The van der Waals surface area contributed by atoms with E-state index in [9.17, 15) is 4.79 Å². The van der Waals surface area contributed by atoms with Crippen LogP contribution in [0.4, 0.5) is 11.5 Å². The van der Waals surface area contributed by atoms with Crippen molar-refractivity contribution in [2.45, 2.75) is 6.42 Å². The summed E-state index contributed by atoms with van der Waals surface area (Å²) in [6.07, 6.45) is 2.05. The minimum atomic E-state index is -0.349. The molecule has 0 amide bonds. The summed E-state index contributed by atoms with van der Waals surface area (Å²) >= 11 is 0. The van der Waals surface area contributed by atoms with Crippen molar-refractivity contribution >= 4 is 11.5 Å². The predicted molar refractivity (Wildman–Crippen MR) is 81.0 cm³/mol. The number of aromatic amines is 1. The Morgan fingerprint density at radius 2 is 2.05 bits per heavy atom. The van der Waals surface area contributed by atoms with Crippen LogP contribution in [0.3, 0.4) is 0 Å². The quantitative estimate of drug-likeness (QED) is 0.734. The summed E-state index contributed by atoms with van der Waals surface area (Å²) < 4.78 is 10.4. The molecule has 1 aromatic carbocycles. The fraction of sp³-hybridized carbons (Fsp3) is 0.286. The van der Waals surface area contributed by atoms with Gasteiger partial charge in [-0.2, -0.15) is 0 Å². The second kappa shape index (κ2) is 6.65. The summed E-state index contributed by atoms with van der Waals surface area (Å²) in [6, 6.07) is 5.72. The lowest BCUT2D eigenvalue weighted by Crippen LogP contribution is -2.17. The standard InChI is InChI=1S/C14H18N4O3/c1-20-10-4-3-9(7-11(10)21-2)5-6-16-13-12(15)14(19)18-8-17-13/h3-4,7-8H,5-6,15H2,1-2H3,(H2,16,17,18,19). The summed E-state index contributed by atoms with van der Waals surface area (Å²) in [5, 5.41) is 3.04. The van der Waals surface area contributed by atoms with Gasteiger partial charge >= 0.3 is 0 Å². The molecule has 0 fully saturated rings. The number of nitrogens with zero attached hydrogens (tertiary/aromatic N) is 1. The third-order valence-electron chi connectivity index (χ3n) is 3.04. The minimum absolute atomic E-state index is 0.0878. The van der Waals surface area contributed by atoms with Gasteiger partial charge in [0.15, 0.2) is 17.3 Å². The minimum Gasteiger partial charge on any atom is -0.493 e. The highest BCUT2D eigenvalue weighted by Crippen LogP contribution is 2.27. The molecule has 0 atom stereocenters. The van der Waals surface area contributed by atoms with Crippen molar-refractivity contribution in [2.24, 2.45) is 0 Å². The van der Waals surface area contributed by atoms with Crippen LogP contribution in [0.5, 0.6) is 11.5 Å². The average Bonchev–Trinajstić information content (AvgIpc) is 2.51. The number of methoxy groups -OCH3 is 2. The molecule has 7 heteroatoms. The molecule has 0 aliphatic carbocycles. The molecule has 112 valence electrons. The first-order chi connectivity index (χ1) is 10.2. The van der Waals surface area contributed by atoms with Crippen LogP contribution in [0, 0.1) is 0 Å². The number of anilines is 2. The van der Waals surface area contributed by atoms with Crippen LogP contribution in [0.15, 0.2) is 29.3 Å². The van der Waals surface area contributed by atoms with Gasteiger partial charge in [-0.1, -0.05) is 6.07 Å². The van der Waals surface area contributed by atoms with E-state index < -0.39 is 0 Å². The van der Waals surface area contributed by atoms with E-state index in [1.54, 1.807) is 14.2 Å². The van der Waals surface area contributed by atoms with Gasteiger partial charge in [-0.15, -0.1) is 0 Å². The maximum atomic E-state index is 11.3. The fourth-order valence-corrected chi connectivity index (χ4v) is 1.91. The number of H-pyrrole nitrogens is 1. The Morgan fingerprint density at radius 3 is 2.76 bits per heavy atom. The Kier molecular flexibility index (Phi) is 4.65. The number of nitrogens with two attached hydrogens (primary N) is 1. The summed E-state index contributed by atoms with van der Waals surface area (Å²) in [4.78, 5) is 17.7. The zero-order valence-corrected chi connectivity index (χ0v) is 12.0. The molecule has 21 heavy (non-hydrogen) atoms. The van der Waals surface area contributed by atoms with E-state index in [2.05, 4.69) is 15.3 Å². The first-order valence-corrected chi connectivity index (χ1v) is 6.43. The molecule has 4 N–H and O–H groups in total. The van der Waals surface area contributed by atoms with E-state index in [0.29, 0.717) is 23.9 Å². The van der Waals surface area contributed by atoms with Gasteiger partial charge in [0.25, 0.3) is 5.56 Å². The zero-order chi connectivity index (χ0) is 15.2. The molecule has 0 spiro atoms. The maximum Gasteiger partial charge on any atom is 0.276 e. The van der Waals surface area contributed by atoms with Crippen LogP contribution >= 0.6 is 0 Å². The molecule has 1 heterocycles. The van der Waals surface area contributed by atoms with Crippen LogP contribution in [-0.2, 0) is 6.42 Å². The maximum absolute atomic E-state index is 11.3. The number of hydrogen-bond donors (Lipinski definition) is 3. The number of rotatable bonds is 6. The number of hydrogen-bond acceptors (Lipinski definition) is 6. The highest BCUT2D eigenvalue weighted by Gasteiger charge is 2.06. The van der Waals surface area contributed by atoms with E-state index in [1.165, 1.54) is 6.33 Å². The summed E-state index contributed by atoms with van der Waals surface area (Å²) in [6.45, 7) is 0.593. The van der Waals surface area contributed by atoms with E-state index in [-0.39, 0.29) is 11.2 Å². The lowest BCUT2D eigenvalue weighted by molar-refractivity contribution is 0.354. The van der Waals surface area contributed by atoms with Gasteiger partial charge in [0, 0.05) is 6.54 Å². The van der Waals surface area contributed by atoms with Gasteiger partial charge in [-0.05, 0) is 24.1 Å². The van der Waals surface area contributed by atoms with E-state index in [0.717, 1.165) is 12.0 Å². The molecular weight excluding hydrogens is 272 g/mol. The molecule has 0 saturated heterocycles. The normalized spacial score (nSPS) is 10.2. The molecule has 2 rings (SSSR count). The predicted octanol–water partition coefficient (Wildman–Crippen LogP) is 1.02. The largest absolute Gasteiger partial charge is 0.493 e. The van der Waals surface area contributed by atoms with Gasteiger partial charge in [0.05, 0.1) is 20.5 Å². The molecule has 2 aromatic rings. The molecule has 0 unspecified atom stereocenters. The zero-order valence-electron chi connectivity index (χ0n) is 12.0. The first kappa shape index (κ1) is 14.7. The fourth-order valence-electron chi connectivity index (χ4n) is 1.91. The number of nitrogen functional groups attached to an aromatic ring is 1. The number of aromatic nitrogens is 2. The van der Waals surface area contributed by atoms with Crippen molar-refractivity contribution in [2.75, 3.05) is 31.8 Å². The Hall–Kier alpha value is -2.70. The molecular formula is C14H18N4O3. The van der Waals surface area contributed by atoms with Gasteiger partial charge in [-0.3, -0.25) is 4.79 Å². The van der Waals surface area contributed by atoms with Crippen LogP contribution in [0.25, 0.3) is 0 Å². The number of nitrogens with one attached hydrogen (secondary N) is 2. The average molecular weight is 290 g/mol. The monoisotopic (exact) mass is 290 g/mol. The van der Waals surface area contributed by atoms with Gasteiger partial charge in [0.1, 0.15) is 5.69 Å². The molecule has 0 bridgehead atoms. The highest BCUT2D eigenvalue weighted by atomic mass is 16.5. The molecule has 1 aromatic heterocycles. The van der Waals surface area contributed by atoms with Crippen molar-refractivity contribution < 1.29 is 9.47 Å². The highest BCUT2D eigenvalue weighted by molar-refractivity contribution is 5.58. The third-order valence-corrected chi connectivity index (χ3v) is 3.04. The molecule has 7 nitrogen and oxygen atoms in total. The van der Waals surface area contributed by atoms with Crippen molar-refractivity contribution in [1.82, 2.24) is 9.97 Å². The Morgan fingerprint density at radius 1 is 1.29 bits per heavy atom. The SMILES string of the molecule is COc1ccc(CCNc2nc[nH]c(=O)c2N)cc1OC. The third kappa shape index (κ3) is 3.44. The lowest BCUT2D eigenvalue weighted by atomic mass is 10.1. The Labute approximate surface area is 122 Å². The van der Waals surface area contributed by atoms with Gasteiger partial charge < -0.3 is 25.5 Å². The van der Waals surface area contributed by atoms with E-state index >= 15 is 0 Å². The Balaban J connectivity index is 2.00. The number of benzene rings is 1. The van der Waals surface area contributed by atoms with Crippen molar-refractivity contribution in [3.8, 4) is 11.5 Å². The molecule has 0 aliphatic heterocycles. The van der Waals surface area contributed by atoms with Crippen LogP contribution in [0.1, 0.15) is 5.56 Å². The molecule has 0 radical (unpaired) electrons. The summed E-state index contributed by atoms with van der Waals surface area (Å²) in [5.74, 6) is 1.76. The molecule has 0 saturated carbocycles. The van der Waals surface area contributed by atoms with E-state index in [1.807, 2.05) is 18.2 Å².